The Kier molecular flexibility index (Phi) is 6.16. The molecule has 9 nitrogen and oxygen atoms in total. The van der Waals surface area contributed by atoms with Crippen LogP contribution < -0.4 is 15.0 Å². The molecule has 0 unspecified atom stereocenters. The summed E-state index contributed by atoms with van der Waals surface area (Å²) in [5, 5.41) is 7.03. The molecule has 2 amide bonds. The summed E-state index contributed by atoms with van der Waals surface area (Å²) >= 11 is 0. The first-order chi connectivity index (χ1) is 15.5. The van der Waals surface area contributed by atoms with E-state index in [1.54, 1.807) is 65.2 Å². The molecule has 2 aromatic carbocycles. The van der Waals surface area contributed by atoms with Crippen LogP contribution >= 0.6 is 0 Å². The Morgan fingerprint density at radius 1 is 1.12 bits per heavy atom. The second-order valence-electron chi connectivity index (χ2n) is 7.01. The van der Waals surface area contributed by atoms with Crippen molar-refractivity contribution in [2.45, 2.75) is 13.3 Å². The Hall–Kier alpha value is -4.14. The lowest BCUT2D eigenvalue weighted by molar-refractivity contribution is -0.121. The standard InChI is InChI=1S/C23H22N4O5/c1-2-31-23(30)18-11-14-27(25-18)17-9-7-16(8-10-17)24-21(28)12-13-26-19-5-3-4-6-20(19)32-15-22(26)29/h3-11,14H,2,12-13,15H2,1H3,(H,24,28). The molecule has 0 spiro atoms. The quantitative estimate of drug-likeness (QED) is 0.574. The molecule has 0 radical (unpaired) electrons. The third-order valence-corrected chi connectivity index (χ3v) is 4.86. The molecule has 32 heavy (non-hydrogen) atoms. The highest BCUT2D eigenvalue weighted by atomic mass is 16.5. The van der Waals surface area contributed by atoms with Gasteiger partial charge in [-0.3, -0.25) is 9.59 Å². The Labute approximate surface area is 184 Å². The highest BCUT2D eigenvalue weighted by molar-refractivity contribution is 5.99. The van der Waals surface area contributed by atoms with Gasteiger partial charge in [0, 0.05) is 24.8 Å². The molecule has 1 N–H and O–H groups in total. The van der Waals surface area contributed by atoms with Crippen molar-refractivity contribution in [3.05, 3.63) is 66.5 Å². The van der Waals surface area contributed by atoms with Gasteiger partial charge in [-0.2, -0.15) is 5.10 Å². The Bertz CT molecular complexity index is 1140. The molecule has 1 aliphatic rings. The van der Waals surface area contributed by atoms with Crippen LogP contribution in [0.25, 0.3) is 5.69 Å². The van der Waals surface area contributed by atoms with Gasteiger partial charge in [0.15, 0.2) is 12.3 Å². The molecule has 0 saturated carbocycles. The van der Waals surface area contributed by atoms with Crippen LogP contribution in [-0.4, -0.2) is 47.3 Å². The van der Waals surface area contributed by atoms with Crippen molar-refractivity contribution in [3.63, 3.8) is 0 Å². The smallest absolute Gasteiger partial charge is 0.358 e. The number of benzene rings is 2. The number of para-hydroxylation sites is 2. The highest BCUT2D eigenvalue weighted by Gasteiger charge is 2.25. The van der Waals surface area contributed by atoms with Crippen LogP contribution in [0.15, 0.2) is 60.8 Å². The number of ether oxygens (including phenoxy) is 2. The van der Waals surface area contributed by atoms with E-state index < -0.39 is 5.97 Å². The number of hydrogen-bond donors (Lipinski definition) is 1. The first-order valence-corrected chi connectivity index (χ1v) is 10.2. The first kappa shape index (κ1) is 21.1. The maximum Gasteiger partial charge on any atom is 0.358 e. The number of esters is 1. The van der Waals surface area contributed by atoms with Gasteiger partial charge in [0.1, 0.15) is 5.75 Å². The van der Waals surface area contributed by atoms with Crippen LogP contribution in [0.5, 0.6) is 5.75 Å². The van der Waals surface area contributed by atoms with Crippen molar-refractivity contribution in [1.29, 1.82) is 0 Å². The van der Waals surface area contributed by atoms with Crippen molar-refractivity contribution in [2.24, 2.45) is 0 Å². The van der Waals surface area contributed by atoms with Gasteiger partial charge in [-0.15, -0.1) is 0 Å². The molecule has 0 bridgehead atoms. The molecule has 164 valence electrons. The summed E-state index contributed by atoms with van der Waals surface area (Å²) in [6.07, 6.45) is 1.81. The maximum absolute atomic E-state index is 12.4. The fourth-order valence-corrected chi connectivity index (χ4v) is 3.32. The average molecular weight is 434 g/mol. The van der Waals surface area contributed by atoms with E-state index in [-0.39, 0.29) is 43.7 Å². The highest BCUT2D eigenvalue weighted by Crippen LogP contribution is 2.31. The largest absolute Gasteiger partial charge is 0.482 e. The summed E-state index contributed by atoms with van der Waals surface area (Å²) in [7, 11) is 0. The summed E-state index contributed by atoms with van der Waals surface area (Å²) in [5.41, 5.74) is 2.24. The average Bonchev–Trinajstić information content (AvgIpc) is 3.30. The van der Waals surface area contributed by atoms with Gasteiger partial charge in [-0.05, 0) is 49.4 Å². The summed E-state index contributed by atoms with van der Waals surface area (Å²) in [6.45, 7) is 2.24. The lowest BCUT2D eigenvalue weighted by atomic mass is 10.2. The van der Waals surface area contributed by atoms with Crippen LogP contribution in [0.1, 0.15) is 23.8 Å². The Balaban J connectivity index is 1.35. The van der Waals surface area contributed by atoms with E-state index in [1.807, 2.05) is 12.1 Å². The molecule has 1 aromatic heterocycles. The zero-order valence-electron chi connectivity index (χ0n) is 17.5. The number of carbonyl (C=O) groups excluding carboxylic acids is 3. The van der Waals surface area contributed by atoms with E-state index in [2.05, 4.69) is 10.4 Å². The third-order valence-electron chi connectivity index (χ3n) is 4.86. The first-order valence-electron chi connectivity index (χ1n) is 10.2. The monoisotopic (exact) mass is 434 g/mol. The summed E-state index contributed by atoms with van der Waals surface area (Å²) < 4.78 is 11.9. The molecule has 9 heteroatoms. The van der Waals surface area contributed by atoms with Crippen molar-refractivity contribution in [1.82, 2.24) is 9.78 Å². The van der Waals surface area contributed by atoms with Crippen LogP contribution in [0.2, 0.25) is 0 Å². The number of rotatable bonds is 7. The number of amides is 2. The van der Waals surface area contributed by atoms with E-state index in [9.17, 15) is 14.4 Å². The van der Waals surface area contributed by atoms with E-state index in [0.717, 1.165) is 5.69 Å². The predicted molar refractivity (Wildman–Crippen MR) is 117 cm³/mol. The molecular weight excluding hydrogens is 412 g/mol. The third kappa shape index (κ3) is 4.61. The number of nitrogens with zero attached hydrogens (tertiary/aromatic N) is 3. The van der Waals surface area contributed by atoms with Gasteiger partial charge >= 0.3 is 5.97 Å². The van der Waals surface area contributed by atoms with Crippen LogP contribution in [0.3, 0.4) is 0 Å². The summed E-state index contributed by atoms with van der Waals surface area (Å²) in [4.78, 5) is 38.0. The van der Waals surface area contributed by atoms with E-state index in [0.29, 0.717) is 17.1 Å². The van der Waals surface area contributed by atoms with E-state index in [1.165, 1.54) is 0 Å². The summed E-state index contributed by atoms with van der Waals surface area (Å²) in [6, 6.07) is 15.9. The minimum Gasteiger partial charge on any atom is -0.482 e. The normalized spacial score (nSPS) is 12.7. The Morgan fingerprint density at radius 3 is 2.69 bits per heavy atom. The van der Waals surface area contributed by atoms with Crippen LogP contribution in [0.4, 0.5) is 11.4 Å². The molecule has 0 atom stereocenters. The lowest BCUT2D eigenvalue weighted by Gasteiger charge is -2.29. The number of fused-ring (bicyclic) bond motifs is 1. The maximum atomic E-state index is 12.4. The molecule has 1 aliphatic heterocycles. The van der Waals surface area contributed by atoms with Gasteiger partial charge in [0.2, 0.25) is 5.91 Å². The topological polar surface area (TPSA) is 103 Å². The minimum atomic E-state index is -0.475. The summed E-state index contributed by atoms with van der Waals surface area (Å²) in [5.74, 6) is -0.232. The molecular formula is C23H22N4O5. The van der Waals surface area contributed by atoms with Gasteiger partial charge < -0.3 is 19.7 Å². The number of carbonyl (C=O) groups is 3. The molecule has 2 heterocycles. The molecule has 4 rings (SSSR count). The minimum absolute atomic E-state index is 0.0363. The number of nitrogens with one attached hydrogen (secondary N) is 1. The second kappa shape index (κ2) is 9.34. The van der Waals surface area contributed by atoms with Crippen LogP contribution in [-0.2, 0) is 14.3 Å². The van der Waals surface area contributed by atoms with Gasteiger partial charge in [0.25, 0.3) is 5.91 Å². The number of hydrogen-bond acceptors (Lipinski definition) is 6. The molecule has 3 aromatic rings. The fraction of sp³-hybridized carbons (Fsp3) is 0.217. The molecule has 0 saturated heterocycles. The molecule has 0 fully saturated rings. The van der Waals surface area contributed by atoms with Gasteiger partial charge in [-0.25, -0.2) is 9.48 Å². The van der Waals surface area contributed by atoms with E-state index in [4.69, 9.17) is 9.47 Å². The van der Waals surface area contributed by atoms with E-state index >= 15 is 0 Å². The zero-order chi connectivity index (χ0) is 22.5. The van der Waals surface area contributed by atoms with Crippen molar-refractivity contribution >= 4 is 29.2 Å². The van der Waals surface area contributed by atoms with Gasteiger partial charge in [0.05, 0.1) is 18.0 Å². The lowest BCUT2D eigenvalue weighted by Crippen LogP contribution is -2.40. The predicted octanol–water partition coefficient (Wildman–Crippen LogP) is 2.80. The van der Waals surface area contributed by atoms with Crippen molar-refractivity contribution < 1.29 is 23.9 Å². The van der Waals surface area contributed by atoms with Gasteiger partial charge in [-0.1, -0.05) is 12.1 Å². The van der Waals surface area contributed by atoms with Crippen molar-refractivity contribution in [2.75, 3.05) is 30.0 Å². The number of aromatic nitrogens is 2. The Morgan fingerprint density at radius 2 is 1.91 bits per heavy atom. The molecule has 0 aliphatic carbocycles. The second-order valence-corrected chi connectivity index (χ2v) is 7.01. The SMILES string of the molecule is CCOC(=O)c1ccn(-c2ccc(NC(=O)CCN3C(=O)COc4ccccc43)cc2)n1. The fourth-order valence-electron chi connectivity index (χ4n) is 3.32. The number of anilines is 2. The van der Waals surface area contributed by atoms with Crippen LogP contribution in [0, 0.1) is 0 Å². The zero-order valence-corrected chi connectivity index (χ0v) is 17.5. The van der Waals surface area contributed by atoms with Crippen molar-refractivity contribution in [3.8, 4) is 11.4 Å².